The van der Waals surface area contributed by atoms with Gasteiger partial charge in [-0.05, 0) is 61.4 Å². The third kappa shape index (κ3) is 5.26. The van der Waals surface area contributed by atoms with Gasteiger partial charge in [0.25, 0.3) is 5.91 Å². The van der Waals surface area contributed by atoms with E-state index in [1.54, 1.807) is 40.7 Å². The molecule has 7 nitrogen and oxygen atoms in total. The number of hydrogen-bond donors (Lipinski definition) is 1. The Morgan fingerprint density at radius 3 is 2.03 bits per heavy atom. The number of nitrogens with zero attached hydrogens (tertiary/aromatic N) is 2. The molecule has 8 heteroatoms. The fourth-order valence-electron chi connectivity index (χ4n) is 3.99. The van der Waals surface area contributed by atoms with Crippen LogP contribution in [0.3, 0.4) is 0 Å². The monoisotopic (exact) mass is 443 g/mol. The maximum absolute atomic E-state index is 12.9. The van der Waals surface area contributed by atoms with Crippen LogP contribution in [0, 0.1) is 0 Å². The molecule has 2 fully saturated rings. The summed E-state index contributed by atoms with van der Waals surface area (Å²) in [5.41, 5.74) is 2.19. The Balaban J connectivity index is 1.39. The van der Waals surface area contributed by atoms with Crippen LogP contribution >= 0.6 is 0 Å². The van der Waals surface area contributed by atoms with Crippen LogP contribution in [0.2, 0.25) is 0 Å². The molecule has 0 atom stereocenters. The maximum atomic E-state index is 12.9. The summed E-state index contributed by atoms with van der Waals surface area (Å²) >= 11 is 0. The van der Waals surface area contributed by atoms with Gasteiger partial charge in [-0.2, -0.15) is 4.31 Å². The normalized spacial score (nSPS) is 18.4. The van der Waals surface area contributed by atoms with Gasteiger partial charge in [-0.25, -0.2) is 8.42 Å². The Bertz CT molecular complexity index is 976. The standard InChI is InChI=1S/C23H29N3O4S/c27-23(19-5-9-21(10-6-19)25-15-17-30-18-16-25)24-20-7-11-22(12-8-20)31(28,29)26-13-3-1-2-4-14-26/h5-12H,1-4,13-18H2,(H,24,27). The van der Waals surface area contributed by atoms with Crippen LogP contribution in [0.25, 0.3) is 0 Å². The molecule has 1 N–H and O–H groups in total. The van der Waals surface area contributed by atoms with Gasteiger partial charge in [0.15, 0.2) is 0 Å². The Kier molecular flexibility index (Phi) is 6.89. The second-order valence-corrected chi connectivity index (χ2v) is 9.88. The van der Waals surface area contributed by atoms with Crippen molar-refractivity contribution < 1.29 is 17.9 Å². The third-order valence-corrected chi connectivity index (χ3v) is 7.73. The van der Waals surface area contributed by atoms with E-state index in [0.29, 0.717) is 37.6 Å². The lowest BCUT2D eigenvalue weighted by Gasteiger charge is -2.28. The number of sulfonamides is 1. The second-order valence-electron chi connectivity index (χ2n) is 7.94. The van der Waals surface area contributed by atoms with Gasteiger partial charge >= 0.3 is 0 Å². The van der Waals surface area contributed by atoms with E-state index in [2.05, 4.69) is 10.2 Å². The molecule has 2 aromatic rings. The maximum Gasteiger partial charge on any atom is 0.255 e. The number of ether oxygens (including phenoxy) is 1. The molecule has 0 aromatic heterocycles. The van der Waals surface area contributed by atoms with Crippen molar-refractivity contribution in [2.24, 2.45) is 0 Å². The Hall–Kier alpha value is -2.42. The molecule has 0 bridgehead atoms. The predicted octanol–water partition coefficient (Wildman–Crippen LogP) is 3.34. The number of hydrogen-bond acceptors (Lipinski definition) is 5. The number of anilines is 2. The van der Waals surface area contributed by atoms with Crippen molar-refractivity contribution in [3.63, 3.8) is 0 Å². The molecule has 0 saturated carbocycles. The molecule has 2 aromatic carbocycles. The number of nitrogens with one attached hydrogen (secondary N) is 1. The van der Waals surface area contributed by atoms with Crippen molar-refractivity contribution in [2.45, 2.75) is 30.6 Å². The lowest BCUT2D eigenvalue weighted by molar-refractivity contribution is 0.102. The highest BCUT2D eigenvalue weighted by Crippen LogP contribution is 2.22. The van der Waals surface area contributed by atoms with E-state index in [1.165, 1.54) is 0 Å². The first-order valence-corrected chi connectivity index (χ1v) is 12.3. The summed E-state index contributed by atoms with van der Waals surface area (Å²) < 4.78 is 32.7. The van der Waals surface area contributed by atoms with E-state index >= 15 is 0 Å². The predicted molar refractivity (Wildman–Crippen MR) is 121 cm³/mol. The number of carbonyl (C=O) groups excluding carboxylic acids is 1. The van der Waals surface area contributed by atoms with Gasteiger partial charge in [0, 0.05) is 43.1 Å². The minimum absolute atomic E-state index is 0.225. The van der Waals surface area contributed by atoms with Crippen molar-refractivity contribution in [2.75, 3.05) is 49.6 Å². The SMILES string of the molecule is O=C(Nc1ccc(S(=O)(=O)N2CCCCCC2)cc1)c1ccc(N2CCOCC2)cc1. The Labute approximate surface area is 184 Å². The molecular weight excluding hydrogens is 414 g/mol. The largest absolute Gasteiger partial charge is 0.378 e. The van der Waals surface area contributed by atoms with E-state index in [1.807, 2.05) is 12.1 Å². The lowest BCUT2D eigenvalue weighted by Crippen LogP contribution is -2.36. The Morgan fingerprint density at radius 2 is 1.42 bits per heavy atom. The summed E-state index contributed by atoms with van der Waals surface area (Å²) in [5, 5.41) is 2.84. The number of carbonyl (C=O) groups is 1. The molecule has 166 valence electrons. The van der Waals surface area contributed by atoms with Gasteiger partial charge in [-0.15, -0.1) is 0 Å². The molecule has 0 aliphatic carbocycles. The molecule has 0 radical (unpaired) electrons. The van der Waals surface area contributed by atoms with E-state index in [-0.39, 0.29) is 10.8 Å². The van der Waals surface area contributed by atoms with Gasteiger partial charge in [0.2, 0.25) is 10.0 Å². The molecule has 2 aliphatic rings. The Morgan fingerprint density at radius 1 is 0.806 bits per heavy atom. The van der Waals surface area contributed by atoms with Gasteiger partial charge in [0.05, 0.1) is 18.1 Å². The van der Waals surface area contributed by atoms with Gasteiger partial charge in [0.1, 0.15) is 0 Å². The van der Waals surface area contributed by atoms with Crippen LogP contribution in [-0.4, -0.2) is 58.0 Å². The zero-order valence-electron chi connectivity index (χ0n) is 17.6. The van der Waals surface area contributed by atoms with Crippen LogP contribution in [0.4, 0.5) is 11.4 Å². The van der Waals surface area contributed by atoms with Crippen molar-refractivity contribution >= 4 is 27.3 Å². The molecule has 0 unspecified atom stereocenters. The molecule has 2 saturated heterocycles. The highest BCUT2D eigenvalue weighted by atomic mass is 32.2. The molecule has 2 aliphatic heterocycles. The molecule has 0 spiro atoms. The van der Waals surface area contributed by atoms with Gasteiger partial charge in [-0.3, -0.25) is 4.79 Å². The molecule has 2 heterocycles. The van der Waals surface area contributed by atoms with Crippen LogP contribution in [0.5, 0.6) is 0 Å². The van der Waals surface area contributed by atoms with Crippen molar-refractivity contribution in [1.29, 1.82) is 0 Å². The summed E-state index contributed by atoms with van der Waals surface area (Å²) in [4.78, 5) is 15.1. The van der Waals surface area contributed by atoms with E-state index in [9.17, 15) is 13.2 Å². The van der Waals surface area contributed by atoms with Crippen LogP contribution in [-0.2, 0) is 14.8 Å². The van der Waals surface area contributed by atoms with Crippen molar-refractivity contribution in [3.05, 3.63) is 54.1 Å². The molecular formula is C23H29N3O4S. The summed E-state index contributed by atoms with van der Waals surface area (Å²) in [6, 6.07) is 13.9. The number of benzene rings is 2. The third-order valence-electron chi connectivity index (χ3n) is 5.82. The zero-order chi connectivity index (χ0) is 21.7. The number of rotatable bonds is 5. The van der Waals surface area contributed by atoms with Crippen molar-refractivity contribution in [3.8, 4) is 0 Å². The first kappa shape index (κ1) is 21.8. The molecule has 31 heavy (non-hydrogen) atoms. The number of morpholine rings is 1. The minimum Gasteiger partial charge on any atom is -0.378 e. The quantitative estimate of drug-likeness (QED) is 0.767. The van der Waals surface area contributed by atoms with E-state index in [0.717, 1.165) is 44.5 Å². The van der Waals surface area contributed by atoms with E-state index < -0.39 is 10.0 Å². The van der Waals surface area contributed by atoms with Crippen LogP contribution in [0.1, 0.15) is 36.0 Å². The molecule has 1 amide bonds. The second kappa shape index (κ2) is 9.80. The highest BCUT2D eigenvalue weighted by Gasteiger charge is 2.25. The first-order valence-electron chi connectivity index (χ1n) is 10.9. The summed E-state index contributed by atoms with van der Waals surface area (Å²) in [5.74, 6) is -0.225. The zero-order valence-corrected chi connectivity index (χ0v) is 18.4. The minimum atomic E-state index is -3.49. The van der Waals surface area contributed by atoms with Gasteiger partial charge < -0.3 is 15.0 Å². The molecule has 4 rings (SSSR count). The summed E-state index contributed by atoms with van der Waals surface area (Å²) in [6.45, 7) is 4.26. The number of amides is 1. The van der Waals surface area contributed by atoms with Crippen LogP contribution in [0.15, 0.2) is 53.4 Å². The summed E-state index contributed by atoms with van der Waals surface area (Å²) in [6.07, 6.45) is 3.95. The van der Waals surface area contributed by atoms with E-state index in [4.69, 9.17) is 4.74 Å². The average molecular weight is 444 g/mol. The fourth-order valence-corrected chi connectivity index (χ4v) is 5.51. The van der Waals surface area contributed by atoms with Crippen LogP contribution < -0.4 is 10.2 Å². The van der Waals surface area contributed by atoms with Gasteiger partial charge in [-0.1, -0.05) is 12.8 Å². The smallest absolute Gasteiger partial charge is 0.255 e. The highest BCUT2D eigenvalue weighted by molar-refractivity contribution is 7.89. The first-order chi connectivity index (χ1) is 15.0. The fraction of sp³-hybridized carbons (Fsp3) is 0.435. The average Bonchev–Trinajstić information content (AvgIpc) is 3.10. The topological polar surface area (TPSA) is 79.0 Å². The lowest BCUT2D eigenvalue weighted by atomic mass is 10.1. The van der Waals surface area contributed by atoms with Crippen molar-refractivity contribution in [1.82, 2.24) is 4.31 Å². The summed E-state index contributed by atoms with van der Waals surface area (Å²) in [7, 11) is -3.49.